The van der Waals surface area contributed by atoms with Crippen LogP contribution in [0.4, 0.5) is 28.4 Å². The van der Waals surface area contributed by atoms with Gasteiger partial charge in [-0.3, -0.25) is 0 Å². The van der Waals surface area contributed by atoms with Crippen LogP contribution in [0.3, 0.4) is 0 Å². The van der Waals surface area contributed by atoms with Gasteiger partial charge < -0.3 is 18.6 Å². The van der Waals surface area contributed by atoms with E-state index in [1.54, 1.807) is 0 Å². The molecule has 1 aliphatic rings. The van der Waals surface area contributed by atoms with Gasteiger partial charge in [0.2, 0.25) is 0 Å². The van der Waals surface area contributed by atoms with Crippen molar-refractivity contribution in [3.63, 3.8) is 0 Å². The van der Waals surface area contributed by atoms with Crippen LogP contribution in [-0.4, -0.2) is 0 Å². The molecule has 4 heteroatoms. The van der Waals surface area contributed by atoms with Crippen molar-refractivity contribution in [1.82, 2.24) is 0 Å². The third kappa shape index (κ3) is 7.00. The first kappa shape index (κ1) is 45.8. The number of rotatable bonds is 8. The lowest BCUT2D eigenvalue weighted by Gasteiger charge is -2.35. The average Bonchev–Trinajstić information content (AvgIpc) is 3.94. The predicted molar refractivity (Wildman–Crippen MR) is 309 cm³/mol. The molecule has 2 heterocycles. The van der Waals surface area contributed by atoms with Crippen molar-refractivity contribution in [2.45, 2.75) is 112 Å². The summed E-state index contributed by atoms with van der Waals surface area (Å²) in [5, 5.41) is 12.2. The third-order valence-corrected chi connectivity index (χ3v) is 15.8. The van der Waals surface area contributed by atoms with Crippen LogP contribution in [0.15, 0.2) is 166 Å². The van der Waals surface area contributed by atoms with Crippen molar-refractivity contribution in [3.8, 4) is 0 Å². The molecule has 0 aliphatic heterocycles. The van der Waals surface area contributed by atoms with E-state index in [0.29, 0.717) is 0 Å². The minimum Gasteiger partial charge on any atom is -0.454 e. The van der Waals surface area contributed by atoms with Crippen LogP contribution in [-0.2, 0) is 10.8 Å². The molecule has 2 aromatic heterocycles. The van der Waals surface area contributed by atoms with E-state index in [1.807, 2.05) is 0 Å². The van der Waals surface area contributed by atoms with Gasteiger partial charge in [0.1, 0.15) is 11.2 Å². The zero-order valence-electron chi connectivity index (χ0n) is 44.1. The zero-order chi connectivity index (χ0) is 50.1. The summed E-state index contributed by atoms with van der Waals surface area (Å²) in [7, 11) is 0. The Bertz CT molecular complexity index is 4030. The SMILES string of the molecule is Cc1ccccc1N(c1cc(C(C)C)c2ccc3c(N(C4=CC=CCC4C)c4cccc5c4oc4c(C(C)(C)C)cccc45)cc(C(C)C)c4ccc1c2c43)c1cccc2c1oc1c(C(C)(C)C)cccc12. The number of furan rings is 2. The first-order valence-corrected chi connectivity index (χ1v) is 26.2. The molecule has 11 aromatic rings. The summed E-state index contributed by atoms with van der Waals surface area (Å²) in [5.74, 6) is 0.760. The van der Waals surface area contributed by atoms with Crippen LogP contribution in [0.1, 0.15) is 122 Å². The molecular weight excluding hydrogens is 877 g/mol. The molecule has 12 rings (SSSR count). The Balaban J connectivity index is 1.20. The molecule has 0 saturated carbocycles. The van der Waals surface area contributed by atoms with E-state index in [9.17, 15) is 0 Å². The quantitative estimate of drug-likeness (QED) is 0.142. The highest BCUT2D eigenvalue weighted by Crippen LogP contribution is 2.54. The fourth-order valence-corrected chi connectivity index (χ4v) is 12.1. The molecule has 72 heavy (non-hydrogen) atoms. The second-order valence-electron chi connectivity index (χ2n) is 23.3. The molecule has 1 unspecified atom stereocenters. The zero-order valence-corrected chi connectivity index (χ0v) is 44.1. The maximum Gasteiger partial charge on any atom is 0.159 e. The van der Waals surface area contributed by atoms with Crippen LogP contribution in [0, 0.1) is 12.8 Å². The molecular formula is C68H66N2O2. The highest BCUT2D eigenvalue weighted by atomic mass is 16.3. The fourth-order valence-electron chi connectivity index (χ4n) is 12.1. The third-order valence-electron chi connectivity index (χ3n) is 15.8. The Labute approximate surface area is 424 Å². The first-order chi connectivity index (χ1) is 34.5. The van der Waals surface area contributed by atoms with Crippen molar-refractivity contribution < 1.29 is 8.83 Å². The minimum absolute atomic E-state index is 0.0898. The van der Waals surface area contributed by atoms with Crippen LogP contribution < -0.4 is 9.80 Å². The van der Waals surface area contributed by atoms with Gasteiger partial charge in [0, 0.05) is 60.7 Å². The Hall–Kier alpha value is -7.30. The number of anilines is 5. The summed E-state index contributed by atoms with van der Waals surface area (Å²) in [6, 6.07) is 50.2. The summed E-state index contributed by atoms with van der Waals surface area (Å²) in [5.41, 5.74) is 16.6. The fraction of sp³-hybridized carbons (Fsp3) is 0.265. The smallest absolute Gasteiger partial charge is 0.159 e. The molecule has 0 amide bonds. The largest absolute Gasteiger partial charge is 0.454 e. The van der Waals surface area contributed by atoms with Crippen LogP contribution in [0.25, 0.3) is 76.2 Å². The van der Waals surface area contributed by atoms with Crippen molar-refractivity contribution in [2.24, 2.45) is 5.92 Å². The van der Waals surface area contributed by atoms with Crippen LogP contribution in [0.2, 0.25) is 0 Å². The molecule has 0 N–H and O–H groups in total. The van der Waals surface area contributed by atoms with Crippen molar-refractivity contribution >= 4 is 105 Å². The monoisotopic (exact) mass is 943 g/mol. The Morgan fingerprint density at radius 2 is 0.889 bits per heavy atom. The van der Waals surface area contributed by atoms with Gasteiger partial charge in [0.05, 0.1) is 22.7 Å². The van der Waals surface area contributed by atoms with Gasteiger partial charge in [-0.2, -0.15) is 0 Å². The molecule has 9 aromatic carbocycles. The standard InChI is InChI=1S/C68H66N2O2/c1-39(2)51-37-59(69(55-29-15-13-21-41(55)5)57-31-19-25-47-45-23-17-27-53(67(7,8)9)63(45)71-65(47)57)49-36-34-44-52(40(3)4)38-60(50-35-33-43(51)61(49)62(44)50)70(56-30-16-14-22-42(56)6)58-32-20-26-48-46-24-18-28-54(68(10,11)12)64(46)72-66(48)58/h13-21,23-40,42H,22H2,1-12H3. The number of hydrogen-bond acceptors (Lipinski definition) is 4. The number of aryl methyl sites for hydroxylation is 1. The molecule has 0 spiro atoms. The van der Waals surface area contributed by atoms with Crippen LogP contribution >= 0.6 is 0 Å². The number of fused-ring (bicyclic) bond motifs is 6. The maximum absolute atomic E-state index is 7.22. The number of nitrogens with zero attached hydrogens (tertiary/aromatic N) is 2. The van der Waals surface area contributed by atoms with Crippen molar-refractivity contribution in [1.29, 1.82) is 0 Å². The first-order valence-electron chi connectivity index (χ1n) is 26.2. The predicted octanol–water partition coefficient (Wildman–Crippen LogP) is 20.6. The van der Waals surface area contributed by atoms with E-state index in [1.165, 1.54) is 71.5 Å². The Morgan fingerprint density at radius 1 is 0.458 bits per heavy atom. The number of hydrogen-bond donors (Lipinski definition) is 0. The van der Waals surface area contributed by atoms with Gasteiger partial charge in [-0.1, -0.05) is 191 Å². The minimum atomic E-state index is -0.0958. The van der Waals surface area contributed by atoms with Gasteiger partial charge in [-0.15, -0.1) is 0 Å². The normalized spacial score (nSPS) is 14.8. The Kier molecular flexibility index (Phi) is 10.6. The average molecular weight is 943 g/mol. The second-order valence-corrected chi connectivity index (χ2v) is 23.3. The van der Waals surface area contributed by atoms with E-state index < -0.39 is 0 Å². The van der Waals surface area contributed by atoms with Gasteiger partial charge in [-0.05, 0) is 111 Å². The van der Waals surface area contributed by atoms with E-state index in [2.05, 4.69) is 245 Å². The molecule has 1 aliphatic carbocycles. The van der Waals surface area contributed by atoms with E-state index >= 15 is 0 Å². The number of para-hydroxylation sites is 5. The van der Waals surface area contributed by atoms with Gasteiger partial charge in [0.25, 0.3) is 0 Å². The lowest BCUT2D eigenvalue weighted by atomic mass is 9.83. The van der Waals surface area contributed by atoms with Gasteiger partial charge >= 0.3 is 0 Å². The lowest BCUT2D eigenvalue weighted by molar-refractivity contribution is 0.572. The van der Waals surface area contributed by atoms with Crippen LogP contribution in [0.5, 0.6) is 0 Å². The summed E-state index contributed by atoms with van der Waals surface area (Å²) >= 11 is 0. The van der Waals surface area contributed by atoms with E-state index in [0.717, 1.165) is 73.0 Å². The van der Waals surface area contributed by atoms with Crippen molar-refractivity contribution in [3.05, 3.63) is 185 Å². The molecule has 4 nitrogen and oxygen atoms in total. The number of benzene rings is 9. The van der Waals surface area contributed by atoms with Crippen molar-refractivity contribution in [2.75, 3.05) is 9.80 Å². The van der Waals surface area contributed by atoms with E-state index in [-0.39, 0.29) is 28.6 Å². The molecule has 0 radical (unpaired) electrons. The number of allylic oxidation sites excluding steroid dienone is 4. The van der Waals surface area contributed by atoms with Gasteiger partial charge in [-0.25, -0.2) is 0 Å². The van der Waals surface area contributed by atoms with E-state index in [4.69, 9.17) is 8.83 Å². The maximum atomic E-state index is 7.22. The summed E-state index contributed by atoms with van der Waals surface area (Å²) < 4.78 is 14.4. The molecule has 0 fully saturated rings. The lowest BCUT2D eigenvalue weighted by Crippen LogP contribution is -2.23. The molecule has 360 valence electrons. The Morgan fingerprint density at radius 3 is 1.36 bits per heavy atom. The molecule has 0 saturated heterocycles. The molecule has 1 atom stereocenters. The highest BCUT2D eigenvalue weighted by molar-refractivity contribution is 6.30. The molecule has 0 bridgehead atoms. The summed E-state index contributed by atoms with van der Waals surface area (Å²) in [6.07, 6.45) is 7.84. The topological polar surface area (TPSA) is 32.8 Å². The van der Waals surface area contributed by atoms with Gasteiger partial charge in [0.15, 0.2) is 11.2 Å². The summed E-state index contributed by atoms with van der Waals surface area (Å²) in [6.45, 7) is 27.6. The highest BCUT2D eigenvalue weighted by Gasteiger charge is 2.32. The second kappa shape index (κ2) is 16.6. The summed E-state index contributed by atoms with van der Waals surface area (Å²) in [4.78, 5) is 5.06.